The van der Waals surface area contributed by atoms with Crippen LogP contribution in [0.5, 0.6) is 0 Å². The number of rotatable bonds is 7. The molecule has 1 aliphatic rings. The van der Waals surface area contributed by atoms with E-state index < -0.39 is 0 Å². The molecule has 6 nitrogen and oxygen atoms in total. The number of nitrogens with zero attached hydrogens (tertiary/aromatic N) is 1. The van der Waals surface area contributed by atoms with Crippen LogP contribution in [0.3, 0.4) is 0 Å². The number of anilines is 1. The van der Waals surface area contributed by atoms with E-state index in [0.717, 1.165) is 23.0 Å². The summed E-state index contributed by atoms with van der Waals surface area (Å²) in [6.07, 6.45) is 2.24. The number of hydrogen-bond donors (Lipinski definition) is 2. The van der Waals surface area contributed by atoms with Gasteiger partial charge in [0.25, 0.3) is 0 Å². The maximum atomic E-state index is 12.3. The fourth-order valence-electron chi connectivity index (χ4n) is 2.74. The molecule has 2 N–H and O–H groups in total. The highest BCUT2D eigenvalue weighted by atomic mass is 79.9. The molecule has 26 heavy (non-hydrogen) atoms. The van der Waals surface area contributed by atoms with Gasteiger partial charge in [0.15, 0.2) is 0 Å². The van der Waals surface area contributed by atoms with E-state index in [-0.39, 0.29) is 35.3 Å². The van der Waals surface area contributed by atoms with Crippen LogP contribution in [0.1, 0.15) is 26.2 Å². The first kappa shape index (κ1) is 20.8. The van der Waals surface area contributed by atoms with Gasteiger partial charge in [0, 0.05) is 35.7 Å². The minimum absolute atomic E-state index is 0.0145. The molecule has 0 aromatic heterocycles. The number of hydrogen-bond acceptors (Lipinski definition) is 4. The van der Waals surface area contributed by atoms with Crippen LogP contribution in [0.2, 0.25) is 0 Å². The van der Waals surface area contributed by atoms with Crippen LogP contribution in [0.15, 0.2) is 28.7 Å². The highest BCUT2D eigenvalue weighted by Gasteiger charge is 2.24. The Bertz CT molecular complexity index is 656. The number of thioether (sulfide) groups is 1. The van der Waals surface area contributed by atoms with Crippen molar-refractivity contribution in [3.8, 4) is 0 Å². The van der Waals surface area contributed by atoms with Gasteiger partial charge in [-0.2, -0.15) is 0 Å². The molecule has 1 heterocycles. The highest BCUT2D eigenvalue weighted by molar-refractivity contribution is 9.10. The Balaban J connectivity index is 1.70. The molecule has 3 amide bonds. The Morgan fingerprint density at radius 3 is 2.81 bits per heavy atom. The standard InChI is InChI=1S/C18H24BrN3O3S/c1-2-16(23)21-15-7-4-8-22(10-15)18(25)12-26-11-17(24)20-14-6-3-5-13(19)9-14/h3,5-6,9,15H,2,4,7-8,10-12H2,1H3,(H,20,24)(H,21,23). The predicted molar refractivity (Wildman–Crippen MR) is 108 cm³/mol. The lowest BCUT2D eigenvalue weighted by molar-refractivity contribution is -0.131. The van der Waals surface area contributed by atoms with Crippen molar-refractivity contribution in [2.45, 2.75) is 32.2 Å². The number of piperidine rings is 1. The van der Waals surface area contributed by atoms with Gasteiger partial charge in [0.1, 0.15) is 0 Å². The average molecular weight is 442 g/mol. The minimum atomic E-state index is -0.132. The van der Waals surface area contributed by atoms with E-state index in [9.17, 15) is 14.4 Å². The molecule has 1 aliphatic heterocycles. The van der Waals surface area contributed by atoms with Crippen molar-refractivity contribution in [3.63, 3.8) is 0 Å². The zero-order valence-electron chi connectivity index (χ0n) is 14.8. The van der Waals surface area contributed by atoms with Gasteiger partial charge in [-0.25, -0.2) is 0 Å². The number of carbonyl (C=O) groups is 3. The van der Waals surface area contributed by atoms with Gasteiger partial charge in [-0.15, -0.1) is 11.8 Å². The summed E-state index contributed by atoms with van der Waals surface area (Å²) in [5.41, 5.74) is 0.724. The zero-order chi connectivity index (χ0) is 18.9. The normalized spacial score (nSPS) is 16.8. The minimum Gasteiger partial charge on any atom is -0.352 e. The molecule has 2 rings (SSSR count). The molecule has 0 radical (unpaired) electrons. The second-order valence-corrected chi connectivity index (χ2v) is 8.05. The number of likely N-dealkylation sites (tertiary alicyclic amines) is 1. The van der Waals surface area contributed by atoms with Crippen molar-refractivity contribution in [1.82, 2.24) is 10.2 Å². The zero-order valence-corrected chi connectivity index (χ0v) is 17.2. The van der Waals surface area contributed by atoms with E-state index in [4.69, 9.17) is 0 Å². The van der Waals surface area contributed by atoms with Crippen LogP contribution < -0.4 is 10.6 Å². The van der Waals surface area contributed by atoms with E-state index in [1.54, 1.807) is 4.90 Å². The van der Waals surface area contributed by atoms with Gasteiger partial charge < -0.3 is 15.5 Å². The van der Waals surface area contributed by atoms with Crippen LogP contribution in [-0.4, -0.2) is 53.3 Å². The summed E-state index contributed by atoms with van der Waals surface area (Å²) in [7, 11) is 0. The quantitative estimate of drug-likeness (QED) is 0.681. The summed E-state index contributed by atoms with van der Waals surface area (Å²) in [6.45, 7) is 3.08. The molecule has 1 saturated heterocycles. The number of benzene rings is 1. The Hall–Kier alpha value is -1.54. The molecule has 0 aliphatic carbocycles. The summed E-state index contributed by atoms with van der Waals surface area (Å²) in [5, 5.41) is 5.76. The van der Waals surface area contributed by atoms with Crippen molar-refractivity contribution in [3.05, 3.63) is 28.7 Å². The monoisotopic (exact) mass is 441 g/mol. The fourth-order valence-corrected chi connectivity index (χ4v) is 3.85. The van der Waals surface area contributed by atoms with Crippen molar-refractivity contribution in [2.24, 2.45) is 0 Å². The van der Waals surface area contributed by atoms with Crippen LogP contribution in [0.4, 0.5) is 5.69 Å². The average Bonchev–Trinajstić information content (AvgIpc) is 2.61. The van der Waals surface area contributed by atoms with Crippen molar-refractivity contribution >= 4 is 51.1 Å². The second-order valence-electron chi connectivity index (χ2n) is 6.15. The number of amides is 3. The van der Waals surface area contributed by atoms with E-state index in [1.807, 2.05) is 31.2 Å². The summed E-state index contributed by atoms with van der Waals surface area (Å²) >= 11 is 4.66. The van der Waals surface area contributed by atoms with Crippen molar-refractivity contribution in [2.75, 3.05) is 29.9 Å². The van der Waals surface area contributed by atoms with Gasteiger partial charge >= 0.3 is 0 Å². The Labute approximate surface area is 166 Å². The number of halogens is 1. The first-order valence-electron chi connectivity index (χ1n) is 8.68. The van der Waals surface area contributed by atoms with Gasteiger partial charge in [0.05, 0.1) is 11.5 Å². The van der Waals surface area contributed by atoms with Crippen molar-refractivity contribution in [1.29, 1.82) is 0 Å². The SMILES string of the molecule is CCC(=O)NC1CCCN(C(=O)CSCC(=O)Nc2cccc(Br)c2)C1. The third kappa shape index (κ3) is 6.99. The lowest BCUT2D eigenvalue weighted by atomic mass is 10.1. The molecule has 142 valence electrons. The lowest BCUT2D eigenvalue weighted by Crippen LogP contribution is -2.50. The van der Waals surface area contributed by atoms with E-state index in [1.165, 1.54) is 11.8 Å². The second kappa shape index (κ2) is 10.6. The largest absolute Gasteiger partial charge is 0.352 e. The third-order valence-electron chi connectivity index (χ3n) is 4.03. The van der Waals surface area contributed by atoms with E-state index in [2.05, 4.69) is 26.6 Å². The van der Waals surface area contributed by atoms with Crippen LogP contribution in [0.25, 0.3) is 0 Å². The molecule has 1 aromatic carbocycles. The number of carbonyl (C=O) groups excluding carboxylic acids is 3. The predicted octanol–water partition coefficient (Wildman–Crippen LogP) is 2.64. The van der Waals surface area contributed by atoms with Gasteiger partial charge in [0.2, 0.25) is 17.7 Å². The molecule has 1 unspecified atom stereocenters. The molecule has 0 spiro atoms. The Morgan fingerprint density at radius 1 is 1.27 bits per heavy atom. The van der Waals surface area contributed by atoms with Gasteiger partial charge in [-0.05, 0) is 31.0 Å². The van der Waals surface area contributed by atoms with Crippen LogP contribution in [-0.2, 0) is 14.4 Å². The Kier molecular flexibility index (Phi) is 8.44. The fraction of sp³-hybridized carbons (Fsp3) is 0.500. The van der Waals surface area contributed by atoms with Crippen LogP contribution >= 0.6 is 27.7 Å². The molecule has 8 heteroatoms. The van der Waals surface area contributed by atoms with Crippen molar-refractivity contribution < 1.29 is 14.4 Å². The summed E-state index contributed by atoms with van der Waals surface area (Å²) in [6, 6.07) is 7.41. The first-order chi connectivity index (χ1) is 12.5. The maximum Gasteiger partial charge on any atom is 0.234 e. The summed E-state index contributed by atoms with van der Waals surface area (Å²) < 4.78 is 0.896. The molecule has 1 fully saturated rings. The Morgan fingerprint density at radius 2 is 2.08 bits per heavy atom. The van der Waals surface area contributed by atoms with E-state index >= 15 is 0 Å². The van der Waals surface area contributed by atoms with E-state index in [0.29, 0.717) is 19.5 Å². The molecule has 0 saturated carbocycles. The first-order valence-corrected chi connectivity index (χ1v) is 10.6. The maximum absolute atomic E-state index is 12.3. The van der Waals surface area contributed by atoms with Crippen LogP contribution in [0, 0.1) is 0 Å². The smallest absolute Gasteiger partial charge is 0.234 e. The summed E-state index contributed by atoms with van der Waals surface area (Å²) in [5.74, 6) is 0.388. The number of nitrogens with one attached hydrogen (secondary N) is 2. The molecule has 1 aromatic rings. The molecular weight excluding hydrogens is 418 g/mol. The topological polar surface area (TPSA) is 78.5 Å². The van der Waals surface area contributed by atoms with Gasteiger partial charge in [-0.1, -0.05) is 28.9 Å². The molecular formula is C18H24BrN3O3S. The molecule has 1 atom stereocenters. The highest BCUT2D eigenvalue weighted by Crippen LogP contribution is 2.16. The third-order valence-corrected chi connectivity index (χ3v) is 5.44. The van der Waals surface area contributed by atoms with Gasteiger partial charge in [-0.3, -0.25) is 14.4 Å². The lowest BCUT2D eigenvalue weighted by Gasteiger charge is -2.33. The summed E-state index contributed by atoms with van der Waals surface area (Å²) in [4.78, 5) is 37.6. The molecule has 0 bridgehead atoms.